The number of para-hydroxylation sites is 1. The van der Waals surface area contributed by atoms with Crippen molar-refractivity contribution < 1.29 is 14.3 Å². The Balaban J connectivity index is 1.64. The van der Waals surface area contributed by atoms with E-state index in [0.717, 1.165) is 22.1 Å². The largest absolute Gasteiger partial charge is 0.458 e. The number of amides is 1. The topological polar surface area (TPSA) is 62.5 Å². The van der Waals surface area contributed by atoms with E-state index in [0.29, 0.717) is 5.76 Å². The lowest BCUT2D eigenvalue weighted by molar-refractivity contribution is -0.121. The van der Waals surface area contributed by atoms with Crippen molar-refractivity contribution in [3.05, 3.63) is 71.5 Å². The third-order valence-corrected chi connectivity index (χ3v) is 4.03. The van der Waals surface area contributed by atoms with Gasteiger partial charge in [0.25, 0.3) is 0 Å². The molecule has 0 saturated heterocycles. The highest BCUT2D eigenvalue weighted by Crippen LogP contribution is 2.27. The minimum atomic E-state index is -1.26. The number of carbonyl (C=O) groups excluding carboxylic acids is 1. The van der Waals surface area contributed by atoms with E-state index in [1.165, 1.54) is 0 Å². The van der Waals surface area contributed by atoms with Gasteiger partial charge in [0.2, 0.25) is 5.91 Å². The summed E-state index contributed by atoms with van der Waals surface area (Å²) in [5.74, 6) is 0.316. The van der Waals surface area contributed by atoms with Crippen LogP contribution in [0.3, 0.4) is 0 Å². The van der Waals surface area contributed by atoms with Crippen LogP contribution in [0.1, 0.15) is 23.8 Å². The standard InChI is InChI=1S/C20H21NO3/c1-14-6-5-7-15(10-14)11-19(22)21-13-20(2,23)18-12-16-8-3-4-9-17(16)24-18/h3-10,12,23H,11,13H2,1-2H3,(H,21,22)/t20-/m1/s1. The van der Waals surface area contributed by atoms with Crippen LogP contribution in [0.4, 0.5) is 0 Å². The maximum Gasteiger partial charge on any atom is 0.224 e. The molecule has 1 heterocycles. The molecule has 0 bridgehead atoms. The maximum atomic E-state index is 12.1. The maximum absolute atomic E-state index is 12.1. The van der Waals surface area contributed by atoms with Crippen LogP contribution < -0.4 is 5.32 Å². The van der Waals surface area contributed by atoms with Gasteiger partial charge in [0, 0.05) is 5.39 Å². The van der Waals surface area contributed by atoms with Crippen molar-refractivity contribution >= 4 is 16.9 Å². The van der Waals surface area contributed by atoms with Crippen molar-refractivity contribution in [1.29, 1.82) is 0 Å². The zero-order valence-electron chi connectivity index (χ0n) is 13.9. The van der Waals surface area contributed by atoms with Gasteiger partial charge >= 0.3 is 0 Å². The second kappa shape index (κ2) is 6.49. The molecule has 0 spiro atoms. The average Bonchev–Trinajstić information content (AvgIpc) is 2.98. The molecule has 0 aliphatic heterocycles. The Bertz CT molecular complexity index is 831. The molecule has 0 fully saturated rings. The molecule has 4 nitrogen and oxygen atoms in total. The predicted molar refractivity (Wildman–Crippen MR) is 93.7 cm³/mol. The van der Waals surface area contributed by atoms with E-state index in [-0.39, 0.29) is 18.9 Å². The van der Waals surface area contributed by atoms with Crippen molar-refractivity contribution in [1.82, 2.24) is 5.32 Å². The summed E-state index contributed by atoms with van der Waals surface area (Å²) in [4.78, 5) is 12.1. The van der Waals surface area contributed by atoms with Crippen molar-refractivity contribution in [2.75, 3.05) is 6.54 Å². The second-order valence-corrected chi connectivity index (χ2v) is 6.36. The Kier molecular flexibility index (Phi) is 4.40. The number of carbonyl (C=O) groups is 1. The minimum Gasteiger partial charge on any atom is -0.458 e. The summed E-state index contributed by atoms with van der Waals surface area (Å²) in [6, 6.07) is 17.2. The molecule has 1 aromatic heterocycles. The van der Waals surface area contributed by atoms with Gasteiger partial charge in [-0.05, 0) is 31.5 Å². The lowest BCUT2D eigenvalue weighted by Gasteiger charge is -2.21. The van der Waals surface area contributed by atoms with E-state index in [2.05, 4.69) is 5.32 Å². The Morgan fingerprint density at radius 2 is 1.96 bits per heavy atom. The van der Waals surface area contributed by atoms with Gasteiger partial charge in [-0.3, -0.25) is 4.79 Å². The van der Waals surface area contributed by atoms with E-state index in [1.54, 1.807) is 6.92 Å². The summed E-state index contributed by atoms with van der Waals surface area (Å²) in [6.45, 7) is 3.73. The fraction of sp³-hybridized carbons (Fsp3) is 0.250. The molecule has 4 heteroatoms. The Morgan fingerprint density at radius 1 is 1.17 bits per heavy atom. The summed E-state index contributed by atoms with van der Waals surface area (Å²) in [7, 11) is 0. The van der Waals surface area contributed by atoms with Crippen LogP contribution >= 0.6 is 0 Å². The molecule has 24 heavy (non-hydrogen) atoms. The molecular weight excluding hydrogens is 302 g/mol. The van der Waals surface area contributed by atoms with Crippen molar-refractivity contribution in [3.8, 4) is 0 Å². The van der Waals surface area contributed by atoms with E-state index in [9.17, 15) is 9.90 Å². The molecule has 0 radical (unpaired) electrons. The molecule has 3 rings (SSSR count). The first kappa shape index (κ1) is 16.3. The van der Waals surface area contributed by atoms with Crippen LogP contribution in [0, 0.1) is 6.92 Å². The van der Waals surface area contributed by atoms with Gasteiger partial charge in [0.05, 0.1) is 13.0 Å². The molecule has 0 unspecified atom stereocenters. The summed E-state index contributed by atoms with van der Waals surface area (Å²) >= 11 is 0. The lowest BCUT2D eigenvalue weighted by Crippen LogP contribution is -2.39. The molecule has 1 amide bonds. The van der Waals surface area contributed by atoms with Crippen LogP contribution in [-0.2, 0) is 16.8 Å². The highest BCUT2D eigenvalue weighted by Gasteiger charge is 2.28. The van der Waals surface area contributed by atoms with Crippen LogP contribution in [0.5, 0.6) is 0 Å². The quantitative estimate of drug-likeness (QED) is 0.757. The van der Waals surface area contributed by atoms with Crippen molar-refractivity contribution in [2.45, 2.75) is 25.9 Å². The number of hydrogen-bond acceptors (Lipinski definition) is 3. The normalized spacial score (nSPS) is 13.6. The van der Waals surface area contributed by atoms with Crippen molar-refractivity contribution in [2.24, 2.45) is 0 Å². The Morgan fingerprint density at radius 3 is 2.71 bits per heavy atom. The van der Waals surface area contributed by atoms with E-state index < -0.39 is 5.60 Å². The van der Waals surface area contributed by atoms with E-state index in [1.807, 2.05) is 61.5 Å². The molecule has 0 aliphatic rings. The third kappa shape index (κ3) is 3.66. The van der Waals surface area contributed by atoms with Crippen LogP contribution in [0.25, 0.3) is 11.0 Å². The number of furan rings is 1. The van der Waals surface area contributed by atoms with Gasteiger partial charge in [-0.2, -0.15) is 0 Å². The Labute approximate surface area is 141 Å². The number of nitrogens with one attached hydrogen (secondary N) is 1. The summed E-state index contributed by atoms with van der Waals surface area (Å²) in [5.41, 5.74) is 1.53. The van der Waals surface area contributed by atoms with Gasteiger partial charge in [0.15, 0.2) is 0 Å². The summed E-state index contributed by atoms with van der Waals surface area (Å²) < 4.78 is 5.70. The highest BCUT2D eigenvalue weighted by atomic mass is 16.4. The number of fused-ring (bicyclic) bond motifs is 1. The van der Waals surface area contributed by atoms with E-state index >= 15 is 0 Å². The van der Waals surface area contributed by atoms with Crippen LogP contribution in [0.15, 0.2) is 59.0 Å². The first-order valence-electron chi connectivity index (χ1n) is 7.98. The lowest BCUT2D eigenvalue weighted by atomic mass is 10.0. The smallest absolute Gasteiger partial charge is 0.224 e. The Hall–Kier alpha value is -2.59. The third-order valence-electron chi connectivity index (χ3n) is 4.03. The molecule has 0 aliphatic carbocycles. The summed E-state index contributed by atoms with van der Waals surface area (Å²) in [6.07, 6.45) is 0.290. The zero-order chi connectivity index (χ0) is 17.2. The first-order valence-corrected chi connectivity index (χ1v) is 7.98. The number of aliphatic hydroxyl groups is 1. The van der Waals surface area contributed by atoms with Gasteiger partial charge in [-0.1, -0.05) is 48.0 Å². The van der Waals surface area contributed by atoms with E-state index in [4.69, 9.17) is 4.42 Å². The van der Waals surface area contributed by atoms with Crippen molar-refractivity contribution in [3.63, 3.8) is 0 Å². The van der Waals surface area contributed by atoms with Gasteiger partial charge in [-0.15, -0.1) is 0 Å². The predicted octanol–water partition coefficient (Wildman–Crippen LogP) is 3.31. The molecule has 2 aromatic carbocycles. The number of aryl methyl sites for hydroxylation is 1. The molecule has 3 aromatic rings. The SMILES string of the molecule is Cc1cccc(CC(=O)NC[C@@](C)(O)c2cc3ccccc3o2)c1. The van der Waals surface area contributed by atoms with Crippen LogP contribution in [-0.4, -0.2) is 17.6 Å². The second-order valence-electron chi connectivity index (χ2n) is 6.36. The fourth-order valence-corrected chi connectivity index (χ4v) is 2.68. The monoisotopic (exact) mass is 323 g/mol. The number of hydrogen-bond donors (Lipinski definition) is 2. The van der Waals surface area contributed by atoms with Gasteiger partial charge < -0.3 is 14.8 Å². The van der Waals surface area contributed by atoms with Gasteiger partial charge in [0.1, 0.15) is 16.9 Å². The molecular formula is C20H21NO3. The minimum absolute atomic E-state index is 0.0947. The first-order chi connectivity index (χ1) is 11.4. The zero-order valence-corrected chi connectivity index (χ0v) is 13.9. The molecule has 2 N–H and O–H groups in total. The van der Waals surface area contributed by atoms with Crippen LogP contribution in [0.2, 0.25) is 0 Å². The van der Waals surface area contributed by atoms with Gasteiger partial charge in [-0.25, -0.2) is 0 Å². The summed E-state index contributed by atoms with van der Waals surface area (Å²) in [5, 5.41) is 14.4. The molecule has 1 atom stereocenters. The molecule has 0 saturated carbocycles. The number of rotatable bonds is 5. The average molecular weight is 323 g/mol. The fourth-order valence-electron chi connectivity index (χ4n) is 2.68. The molecule has 124 valence electrons. The number of benzene rings is 2. The highest BCUT2D eigenvalue weighted by molar-refractivity contribution is 5.79.